The van der Waals surface area contributed by atoms with E-state index < -0.39 is 17.6 Å². The maximum atomic E-state index is 12.7. The van der Waals surface area contributed by atoms with Gasteiger partial charge in [-0.2, -0.15) is 13.2 Å². The molecule has 0 spiro atoms. The van der Waals surface area contributed by atoms with Crippen molar-refractivity contribution in [2.24, 2.45) is 0 Å². The van der Waals surface area contributed by atoms with Crippen molar-refractivity contribution in [3.63, 3.8) is 0 Å². The van der Waals surface area contributed by atoms with Gasteiger partial charge in [0, 0.05) is 24.3 Å². The van der Waals surface area contributed by atoms with Gasteiger partial charge in [0.15, 0.2) is 0 Å². The monoisotopic (exact) mass is 378 g/mol. The lowest BCUT2D eigenvalue weighted by Crippen LogP contribution is -2.30. The van der Waals surface area contributed by atoms with Crippen molar-refractivity contribution >= 4 is 23.3 Å². The molecule has 1 saturated heterocycles. The average Bonchev–Trinajstić information content (AvgIpc) is 3.05. The highest BCUT2D eigenvalue weighted by molar-refractivity contribution is 5.98. The Morgan fingerprint density at radius 1 is 1.19 bits per heavy atom. The van der Waals surface area contributed by atoms with E-state index in [1.54, 1.807) is 30.0 Å². The standard InChI is InChI=1S/C18H17F3N4O2/c1-11-9-12(5-6-15(11)25-8-7-22-17(25)27)16(26)24-23-14-4-2-3-13(10-14)18(19,20)21/h2-6,9-10,23H,7-8H2,1H3,(H,22,27)(H,24,26). The molecule has 2 aromatic carbocycles. The molecular formula is C18H17F3N4O2. The molecule has 2 aromatic rings. The Hall–Kier alpha value is -3.23. The summed E-state index contributed by atoms with van der Waals surface area (Å²) < 4.78 is 38.2. The number of rotatable bonds is 4. The second kappa shape index (κ2) is 7.18. The van der Waals surface area contributed by atoms with Crippen molar-refractivity contribution < 1.29 is 22.8 Å². The zero-order valence-corrected chi connectivity index (χ0v) is 14.4. The third kappa shape index (κ3) is 4.13. The lowest BCUT2D eigenvalue weighted by atomic mass is 10.1. The largest absolute Gasteiger partial charge is 0.416 e. The second-order valence-corrected chi connectivity index (χ2v) is 6.04. The van der Waals surface area contributed by atoms with Gasteiger partial charge in [-0.15, -0.1) is 0 Å². The SMILES string of the molecule is Cc1cc(C(=O)NNc2cccc(C(F)(F)F)c2)ccc1N1CCNC1=O. The number of hydrogen-bond donors (Lipinski definition) is 3. The van der Waals surface area contributed by atoms with Crippen LogP contribution in [0.5, 0.6) is 0 Å². The summed E-state index contributed by atoms with van der Waals surface area (Å²) in [6, 6.07) is 9.15. The number of benzene rings is 2. The van der Waals surface area contributed by atoms with Crippen LogP contribution in [-0.4, -0.2) is 25.0 Å². The number of urea groups is 1. The summed E-state index contributed by atoms with van der Waals surface area (Å²) in [6.45, 7) is 2.88. The summed E-state index contributed by atoms with van der Waals surface area (Å²) in [5.41, 5.74) is 5.90. The lowest BCUT2D eigenvalue weighted by molar-refractivity contribution is -0.137. The third-order valence-corrected chi connectivity index (χ3v) is 4.12. The normalized spacial score (nSPS) is 14.1. The minimum absolute atomic E-state index is 0.111. The van der Waals surface area contributed by atoms with Gasteiger partial charge in [-0.3, -0.25) is 20.5 Å². The van der Waals surface area contributed by atoms with Gasteiger partial charge in [-0.1, -0.05) is 6.07 Å². The number of amides is 3. The van der Waals surface area contributed by atoms with Crippen LogP contribution in [0.4, 0.5) is 29.3 Å². The molecule has 1 aliphatic heterocycles. The first-order valence-electron chi connectivity index (χ1n) is 8.15. The van der Waals surface area contributed by atoms with E-state index >= 15 is 0 Å². The Kier molecular flexibility index (Phi) is 4.93. The van der Waals surface area contributed by atoms with Crippen molar-refractivity contribution in [2.45, 2.75) is 13.1 Å². The Labute approximate surface area is 153 Å². The topological polar surface area (TPSA) is 73.5 Å². The molecule has 1 fully saturated rings. The average molecular weight is 378 g/mol. The van der Waals surface area contributed by atoms with Crippen molar-refractivity contribution in [2.75, 3.05) is 23.4 Å². The summed E-state index contributed by atoms with van der Waals surface area (Å²) in [5, 5.41) is 2.70. The fourth-order valence-electron chi connectivity index (χ4n) is 2.78. The van der Waals surface area contributed by atoms with Crippen LogP contribution in [0.2, 0.25) is 0 Å². The van der Waals surface area contributed by atoms with E-state index in [2.05, 4.69) is 16.2 Å². The molecular weight excluding hydrogens is 361 g/mol. The number of carbonyl (C=O) groups excluding carboxylic acids is 2. The molecule has 9 heteroatoms. The minimum Gasteiger partial charge on any atom is -0.336 e. The van der Waals surface area contributed by atoms with Crippen molar-refractivity contribution in [1.29, 1.82) is 0 Å². The lowest BCUT2D eigenvalue weighted by Gasteiger charge is -2.18. The molecule has 0 bridgehead atoms. The fourth-order valence-corrected chi connectivity index (χ4v) is 2.78. The fraction of sp³-hybridized carbons (Fsp3) is 0.222. The van der Waals surface area contributed by atoms with Crippen LogP contribution in [0.1, 0.15) is 21.5 Å². The Bertz CT molecular complexity index is 883. The van der Waals surface area contributed by atoms with Crippen LogP contribution in [0.25, 0.3) is 0 Å². The van der Waals surface area contributed by atoms with E-state index in [0.717, 1.165) is 17.7 Å². The number of carbonyl (C=O) groups is 2. The highest BCUT2D eigenvalue weighted by atomic mass is 19.4. The number of hydrazine groups is 1. The van der Waals surface area contributed by atoms with Gasteiger partial charge in [0.05, 0.1) is 11.3 Å². The van der Waals surface area contributed by atoms with Crippen molar-refractivity contribution in [3.8, 4) is 0 Å². The molecule has 3 N–H and O–H groups in total. The summed E-state index contributed by atoms with van der Waals surface area (Å²) in [7, 11) is 0. The van der Waals surface area contributed by atoms with Crippen molar-refractivity contribution in [3.05, 3.63) is 59.2 Å². The highest BCUT2D eigenvalue weighted by Crippen LogP contribution is 2.30. The van der Waals surface area contributed by atoms with Crippen LogP contribution in [0, 0.1) is 6.92 Å². The first-order valence-corrected chi connectivity index (χ1v) is 8.15. The van der Waals surface area contributed by atoms with E-state index in [1.807, 2.05) is 0 Å². The number of halogens is 3. The smallest absolute Gasteiger partial charge is 0.336 e. The van der Waals surface area contributed by atoms with E-state index in [4.69, 9.17) is 0 Å². The van der Waals surface area contributed by atoms with Crippen LogP contribution in [-0.2, 0) is 6.18 Å². The second-order valence-electron chi connectivity index (χ2n) is 6.04. The third-order valence-electron chi connectivity index (χ3n) is 4.12. The van der Waals surface area contributed by atoms with E-state index in [0.29, 0.717) is 24.3 Å². The highest BCUT2D eigenvalue weighted by Gasteiger charge is 2.30. The Morgan fingerprint density at radius 3 is 2.59 bits per heavy atom. The summed E-state index contributed by atoms with van der Waals surface area (Å²) in [6.07, 6.45) is -4.46. The molecule has 27 heavy (non-hydrogen) atoms. The number of nitrogens with zero attached hydrogens (tertiary/aromatic N) is 1. The Balaban J connectivity index is 1.68. The number of nitrogens with one attached hydrogen (secondary N) is 3. The summed E-state index contributed by atoms with van der Waals surface area (Å²) in [4.78, 5) is 25.6. The van der Waals surface area contributed by atoms with Crippen LogP contribution >= 0.6 is 0 Å². The van der Waals surface area contributed by atoms with Gasteiger partial charge in [-0.05, 0) is 48.9 Å². The van der Waals surface area contributed by atoms with Gasteiger partial charge in [-0.25, -0.2) is 4.79 Å². The molecule has 0 unspecified atom stereocenters. The van der Waals surface area contributed by atoms with Crippen LogP contribution in [0.15, 0.2) is 42.5 Å². The van der Waals surface area contributed by atoms with E-state index in [-0.39, 0.29) is 11.7 Å². The zero-order chi connectivity index (χ0) is 19.6. The molecule has 3 rings (SSSR count). The molecule has 1 heterocycles. The molecule has 0 aromatic heterocycles. The quantitative estimate of drug-likeness (QED) is 0.715. The van der Waals surface area contributed by atoms with Gasteiger partial charge in [0.25, 0.3) is 5.91 Å². The molecule has 0 radical (unpaired) electrons. The molecule has 6 nitrogen and oxygen atoms in total. The Morgan fingerprint density at radius 2 is 1.96 bits per heavy atom. The maximum Gasteiger partial charge on any atom is 0.416 e. The molecule has 0 aliphatic carbocycles. The van der Waals surface area contributed by atoms with Gasteiger partial charge in [0.1, 0.15) is 0 Å². The number of anilines is 2. The van der Waals surface area contributed by atoms with Crippen LogP contribution < -0.4 is 21.1 Å². The minimum atomic E-state index is -4.46. The molecule has 3 amide bonds. The predicted octanol–water partition coefficient (Wildman–Crippen LogP) is 3.30. The number of hydrogen-bond acceptors (Lipinski definition) is 3. The van der Waals surface area contributed by atoms with Gasteiger partial charge < -0.3 is 5.32 Å². The number of aryl methyl sites for hydroxylation is 1. The van der Waals surface area contributed by atoms with Gasteiger partial charge in [0.2, 0.25) is 0 Å². The summed E-state index contributed by atoms with van der Waals surface area (Å²) >= 11 is 0. The van der Waals surface area contributed by atoms with E-state index in [1.165, 1.54) is 12.1 Å². The first kappa shape index (κ1) is 18.6. The molecule has 142 valence electrons. The van der Waals surface area contributed by atoms with E-state index in [9.17, 15) is 22.8 Å². The first-order chi connectivity index (χ1) is 12.8. The maximum absolute atomic E-state index is 12.7. The number of alkyl halides is 3. The molecule has 1 aliphatic rings. The van der Waals surface area contributed by atoms with Crippen molar-refractivity contribution in [1.82, 2.24) is 10.7 Å². The molecule has 0 saturated carbocycles. The zero-order valence-electron chi connectivity index (χ0n) is 14.4. The van der Waals surface area contributed by atoms with Gasteiger partial charge >= 0.3 is 12.2 Å². The summed E-state index contributed by atoms with van der Waals surface area (Å²) in [5.74, 6) is -0.507. The van der Waals surface area contributed by atoms with Crippen LogP contribution in [0.3, 0.4) is 0 Å². The predicted molar refractivity (Wildman–Crippen MR) is 94.5 cm³/mol. The molecule has 0 atom stereocenters.